The van der Waals surface area contributed by atoms with E-state index in [0.717, 1.165) is 28.1 Å². The molecule has 1 aliphatic heterocycles. The molecule has 0 radical (unpaired) electrons. The lowest BCUT2D eigenvalue weighted by molar-refractivity contribution is -0.120. The lowest BCUT2D eigenvalue weighted by Gasteiger charge is -2.16. The Balaban J connectivity index is 1.51. The number of rotatable bonds is 4. The number of hydrogen-bond donors (Lipinski definition) is 1. The maximum atomic E-state index is 12.5. The Morgan fingerprint density at radius 1 is 1.35 bits per heavy atom. The summed E-state index contributed by atoms with van der Waals surface area (Å²) in [5.74, 6) is 0.0758. The molecule has 9 heteroatoms. The molecule has 1 fully saturated rings. The maximum absolute atomic E-state index is 12.5. The Morgan fingerprint density at radius 2 is 2.15 bits per heavy atom. The van der Waals surface area contributed by atoms with E-state index in [1.807, 2.05) is 6.92 Å². The second-order valence-corrected chi connectivity index (χ2v) is 11.6. The Hall–Kier alpha value is -1.19. The zero-order valence-electron chi connectivity index (χ0n) is 14.5. The molecule has 140 valence electrons. The number of sulfone groups is 1. The predicted octanol–water partition coefficient (Wildman–Crippen LogP) is 2.35. The van der Waals surface area contributed by atoms with Gasteiger partial charge >= 0.3 is 0 Å². The highest BCUT2D eigenvalue weighted by Crippen LogP contribution is 2.40. The third kappa shape index (κ3) is 3.61. The molecule has 1 amide bonds. The van der Waals surface area contributed by atoms with Crippen molar-refractivity contribution in [1.82, 2.24) is 15.3 Å². The molecule has 1 saturated heterocycles. The van der Waals surface area contributed by atoms with E-state index in [1.165, 1.54) is 35.0 Å². The fourth-order valence-electron chi connectivity index (χ4n) is 3.60. The number of fused-ring (bicyclic) bond motifs is 3. The monoisotopic (exact) mass is 411 g/mol. The summed E-state index contributed by atoms with van der Waals surface area (Å²) < 4.78 is 23.1. The van der Waals surface area contributed by atoms with Gasteiger partial charge in [0.1, 0.15) is 16.2 Å². The number of thiophene rings is 1. The second kappa shape index (κ2) is 7.09. The van der Waals surface area contributed by atoms with Crippen LogP contribution in [0.4, 0.5) is 0 Å². The number of nitrogens with zero attached hydrogens (tertiary/aromatic N) is 2. The summed E-state index contributed by atoms with van der Waals surface area (Å²) in [7, 11) is -3.00. The highest BCUT2D eigenvalue weighted by atomic mass is 32.2. The van der Waals surface area contributed by atoms with Gasteiger partial charge < -0.3 is 5.32 Å². The molecule has 1 aliphatic carbocycles. The molecule has 26 heavy (non-hydrogen) atoms. The first-order valence-corrected chi connectivity index (χ1v) is 12.4. The summed E-state index contributed by atoms with van der Waals surface area (Å²) >= 11 is 3.18. The fourth-order valence-corrected chi connectivity index (χ4v) is 7.52. The van der Waals surface area contributed by atoms with E-state index in [0.29, 0.717) is 6.42 Å². The van der Waals surface area contributed by atoms with Gasteiger partial charge in [-0.2, -0.15) is 0 Å². The van der Waals surface area contributed by atoms with E-state index in [-0.39, 0.29) is 28.7 Å². The number of carbonyl (C=O) groups is 1. The number of thioether (sulfide) groups is 1. The van der Waals surface area contributed by atoms with Crippen molar-refractivity contribution in [3.8, 4) is 0 Å². The van der Waals surface area contributed by atoms with E-state index in [4.69, 9.17) is 0 Å². The van der Waals surface area contributed by atoms with Crippen LogP contribution < -0.4 is 5.32 Å². The molecule has 0 saturated carbocycles. The number of amides is 1. The zero-order chi connectivity index (χ0) is 18.3. The van der Waals surface area contributed by atoms with Crippen molar-refractivity contribution >= 4 is 49.1 Å². The summed E-state index contributed by atoms with van der Waals surface area (Å²) in [6.07, 6.45) is 6.63. The van der Waals surface area contributed by atoms with Crippen LogP contribution in [0, 0.1) is 0 Å². The standard InChI is InChI=1S/C17H21N3O3S3/c1-10(15(21)20-11-6-7-26(22,23)8-11)24-16-14-12-4-2-3-5-13(12)25-17(14)19-9-18-16/h9-11H,2-8H2,1H3,(H,20,21)/t10-,11+/m1/s1. The third-order valence-corrected chi connectivity index (χ3v) is 9.02. The fraction of sp³-hybridized carbons (Fsp3) is 0.588. The van der Waals surface area contributed by atoms with Crippen LogP contribution in [0.15, 0.2) is 11.4 Å². The Labute approximate surface area is 161 Å². The van der Waals surface area contributed by atoms with E-state index < -0.39 is 9.84 Å². The summed E-state index contributed by atoms with van der Waals surface area (Å²) in [6.45, 7) is 1.84. The first-order chi connectivity index (χ1) is 12.4. The van der Waals surface area contributed by atoms with Gasteiger partial charge in [-0.1, -0.05) is 11.8 Å². The Kier molecular flexibility index (Phi) is 4.96. The first kappa shape index (κ1) is 18.2. The van der Waals surface area contributed by atoms with Gasteiger partial charge in [-0.25, -0.2) is 18.4 Å². The number of aromatic nitrogens is 2. The van der Waals surface area contributed by atoms with E-state index in [1.54, 1.807) is 17.7 Å². The highest BCUT2D eigenvalue weighted by Gasteiger charge is 2.30. The van der Waals surface area contributed by atoms with Crippen LogP contribution in [0.25, 0.3) is 10.2 Å². The summed E-state index contributed by atoms with van der Waals surface area (Å²) in [4.78, 5) is 23.8. The quantitative estimate of drug-likeness (QED) is 0.614. The minimum absolute atomic E-state index is 0.0475. The van der Waals surface area contributed by atoms with Crippen molar-refractivity contribution < 1.29 is 13.2 Å². The van der Waals surface area contributed by atoms with Crippen LogP contribution in [0.1, 0.15) is 36.6 Å². The summed E-state index contributed by atoms with van der Waals surface area (Å²) in [6, 6.07) is -0.269. The van der Waals surface area contributed by atoms with Crippen molar-refractivity contribution in [2.75, 3.05) is 11.5 Å². The van der Waals surface area contributed by atoms with Gasteiger partial charge in [-0.15, -0.1) is 11.3 Å². The minimum atomic E-state index is -3.00. The number of aryl methyl sites for hydroxylation is 2. The van der Waals surface area contributed by atoms with Crippen LogP contribution in [-0.4, -0.2) is 47.1 Å². The molecule has 2 aromatic heterocycles. The second-order valence-electron chi connectivity index (χ2n) is 6.94. The predicted molar refractivity (Wildman–Crippen MR) is 105 cm³/mol. The molecular formula is C17H21N3O3S3. The smallest absolute Gasteiger partial charge is 0.233 e. The molecule has 0 unspecified atom stereocenters. The minimum Gasteiger partial charge on any atom is -0.351 e. The molecule has 2 atom stereocenters. The number of hydrogen-bond acceptors (Lipinski definition) is 7. The molecule has 3 heterocycles. The van der Waals surface area contributed by atoms with Crippen LogP contribution in [0.2, 0.25) is 0 Å². The molecular weight excluding hydrogens is 390 g/mol. The zero-order valence-corrected chi connectivity index (χ0v) is 17.0. The molecule has 1 N–H and O–H groups in total. The average molecular weight is 412 g/mol. The van der Waals surface area contributed by atoms with Gasteiger partial charge in [-0.05, 0) is 44.6 Å². The molecule has 0 spiro atoms. The number of carbonyl (C=O) groups excluding carboxylic acids is 1. The lowest BCUT2D eigenvalue weighted by Crippen LogP contribution is -2.39. The largest absolute Gasteiger partial charge is 0.351 e. The van der Waals surface area contributed by atoms with Crippen LogP contribution in [0.3, 0.4) is 0 Å². The van der Waals surface area contributed by atoms with Gasteiger partial charge in [0.25, 0.3) is 0 Å². The van der Waals surface area contributed by atoms with Crippen LogP contribution >= 0.6 is 23.1 Å². The molecule has 2 aliphatic rings. The summed E-state index contributed by atoms with van der Waals surface area (Å²) in [5, 5.41) is 4.51. The van der Waals surface area contributed by atoms with E-state index in [2.05, 4.69) is 15.3 Å². The topological polar surface area (TPSA) is 89.0 Å². The first-order valence-electron chi connectivity index (χ1n) is 8.85. The van der Waals surface area contributed by atoms with Crippen molar-refractivity contribution in [3.05, 3.63) is 16.8 Å². The normalized spacial score (nSPS) is 22.9. The van der Waals surface area contributed by atoms with Crippen molar-refractivity contribution in [1.29, 1.82) is 0 Å². The van der Waals surface area contributed by atoms with Gasteiger partial charge in [0.15, 0.2) is 9.84 Å². The average Bonchev–Trinajstić information content (AvgIpc) is 3.14. The molecule has 0 bridgehead atoms. The van der Waals surface area contributed by atoms with Gasteiger partial charge in [0.2, 0.25) is 5.91 Å². The number of nitrogens with one attached hydrogen (secondary N) is 1. The van der Waals surface area contributed by atoms with Crippen molar-refractivity contribution in [2.24, 2.45) is 0 Å². The van der Waals surface area contributed by atoms with Crippen LogP contribution in [0.5, 0.6) is 0 Å². The maximum Gasteiger partial charge on any atom is 0.233 e. The molecule has 4 rings (SSSR count). The van der Waals surface area contributed by atoms with E-state index >= 15 is 0 Å². The Bertz CT molecular complexity index is 955. The molecule has 0 aromatic carbocycles. The van der Waals surface area contributed by atoms with Crippen molar-refractivity contribution in [2.45, 2.75) is 55.3 Å². The molecule has 2 aromatic rings. The van der Waals surface area contributed by atoms with Crippen LogP contribution in [-0.2, 0) is 27.5 Å². The summed E-state index contributed by atoms with van der Waals surface area (Å²) in [5.41, 5.74) is 1.36. The highest BCUT2D eigenvalue weighted by molar-refractivity contribution is 8.00. The lowest BCUT2D eigenvalue weighted by atomic mass is 9.97. The van der Waals surface area contributed by atoms with Crippen molar-refractivity contribution in [3.63, 3.8) is 0 Å². The SMILES string of the molecule is C[C@@H](Sc1ncnc2sc3c(c12)CCCC3)C(=O)N[C@H]1CCS(=O)(=O)C1. The van der Waals surface area contributed by atoms with Gasteiger partial charge in [-0.3, -0.25) is 4.79 Å². The van der Waals surface area contributed by atoms with Gasteiger partial charge in [0.05, 0.1) is 16.8 Å². The van der Waals surface area contributed by atoms with Gasteiger partial charge in [0, 0.05) is 16.3 Å². The van der Waals surface area contributed by atoms with E-state index in [9.17, 15) is 13.2 Å². The third-order valence-electron chi connectivity index (χ3n) is 4.95. The molecule has 6 nitrogen and oxygen atoms in total. The Morgan fingerprint density at radius 3 is 2.92 bits per heavy atom.